The molecule has 41 heavy (non-hydrogen) atoms. The molecule has 5 rings (SSSR count). The molecule has 0 aliphatic rings. The minimum absolute atomic E-state index is 0.138. The van der Waals surface area contributed by atoms with E-state index in [0.717, 1.165) is 10.0 Å². The van der Waals surface area contributed by atoms with Crippen molar-refractivity contribution in [3.8, 4) is 28.7 Å². The maximum Gasteiger partial charge on any atom is 0.243 e. The Bertz CT molecular complexity index is 1780. The average Bonchev–Trinajstić information content (AvgIpc) is 3.56. The van der Waals surface area contributed by atoms with Crippen LogP contribution < -0.4 is 14.2 Å². The number of anilines is 1. The molecule has 0 spiro atoms. The molecule has 5 aromatic rings. The van der Waals surface area contributed by atoms with Gasteiger partial charge >= 0.3 is 0 Å². The van der Waals surface area contributed by atoms with Gasteiger partial charge in [0.05, 0.1) is 19.6 Å². The third kappa shape index (κ3) is 5.35. The predicted molar refractivity (Wildman–Crippen MR) is 154 cm³/mol. The number of ether oxygens (including phenoxy) is 3. The lowest BCUT2D eigenvalue weighted by Gasteiger charge is -2.22. The first-order valence-electron chi connectivity index (χ1n) is 12.2. The molecule has 0 aliphatic carbocycles. The lowest BCUT2D eigenvalue weighted by molar-refractivity contribution is 0.0949. The van der Waals surface area contributed by atoms with E-state index in [1.54, 1.807) is 36.7 Å². The highest BCUT2D eigenvalue weighted by Crippen LogP contribution is 2.39. The van der Waals surface area contributed by atoms with Gasteiger partial charge in [0.1, 0.15) is 28.5 Å². The van der Waals surface area contributed by atoms with Crippen LogP contribution in [-0.4, -0.2) is 64.9 Å². The van der Waals surface area contributed by atoms with Crippen LogP contribution >= 0.6 is 15.9 Å². The summed E-state index contributed by atoms with van der Waals surface area (Å²) < 4.78 is 54.6. The van der Waals surface area contributed by atoms with Crippen molar-refractivity contribution < 1.29 is 27.2 Å². The van der Waals surface area contributed by atoms with Crippen LogP contribution in [0.5, 0.6) is 11.5 Å². The van der Waals surface area contributed by atoms with Gasteiger partial charge < -0.3 is 18.7 Å². The van der Waals surface area contributed by atoms with E-state index in [1.165, 1.54) is 32.8 Å². The molecule has 0 bridgehead atoms. The zero-order valence-electron chi connectivity index (χ0n) is 22.7. The highest BCUT2D eigenvalue weighted by atomic mass is 79.9. The summed E-state index contributed by atoms with van der Waals surface area (Å²) in [4.78, 5) is 8.52. The maximum absolute atomic E-state index is 13.8. The number of halogens is 1. The van der Waals surface area contributed by atoms with Gasteiger partial charge in [-0.05, 0) is 49.7 Å². The Morgan fingerprint density at radius 1 is 1.02 bits per heavy atom. The highest BCUT2D eigenvalue weighted by molar-refractivity contribution is 9.10. The van der Waals surface area contributed by atoms with Crippen LogP contribution in [0.3, 0.4) is 0 Å². The molecule has 13 nitrogen and oxygen atoms in total. The third-order valence-electron chi connectivity index (χ3n) is 6.39. The number of rotatable bonds is 10. The molecule has 1 N–H and O–H groups in total. The van der Waals surface area contributed by atoms with Crippen molar-refractivity contribution in [2.75, 3.05) is 26.1 Å². The Morgan fingerprint density at radius 3 is 2.34 bits per heavy atom. The molecule has 0 saturated heterocycles. The van der Waals surface area contributed by atoms with Gasteiger partial charge in [-0.1, -0.05) is 27.2 Å². The standard InChI is InChI=1S/C26H26BrN7O6S/c1-14-12-28-24(29-13-14)23(39-5)15(2)41(35,36)33-26-31-30-25(21-17-11-16(27)9-10-18(17)40-32-21)34(26)22-19(37-3)7-6-8-20(22)38-4/h6-13,15,23H,1-5H3,(H,31,33). The van der Waals surface area contributed by atoms with E-state index in [0.29, 0.717) is 33.8 Å². The largest absolute Gasteiger partial charge is 0.494 e. The van der Waals surface area contributed by atoms with Crippen LogP contribution in [0.15, 0.2) is 57.8 Å². The second kappa shape index (κ2) is 11.4. The molecule has 0 fully saturated rings. The summed E-state index contributed by atoms with van der Waals surface area (Å²) in [6, 6.07) is 10.5. The van der Waals surface area contributed by atoms with E-state index in [4.69, 9.17) is 18.7 Å². The van der Waals surface area contributed by atoms with Crippen molar-refractivity contribution in [3.63, 3.8) is 0 Å². The van der Waals surface area contributed by atoms with Gasteiger partial charge in [-0.2, -0.15) is 0 Å². The quantitative estimate of drug-likeness (QED) is 0.229. The van der Waals surface area contributed by atoms with Crippen molar-refractivity contribution in [2.24, 2.45) is 0 Å². The van der Waals surface area contributed by atoms with Gasteiger partial charge in [-0.25, -0.2) is 18.4 Å². The molecule has 3 aromatic heterocycles. The van der Waals surface area contributed by atoms with Crippen LogP contribution in [-0.2, 0) is 14.8 Å². The van der Waals surface area contributed by atoms with E-state index < -0.39 is 21.4 Å². The fraction of sp³-hybridized carbons (Fsp3) is 0.269. The summed E-state index contributed by atoms with van der Waals surface area (Å²) in [5.41, 5.74) is 2.00. The van der Waals surface area contributed by atoms with Gasteiger partial charge in [0.2, 0.25) is 16.0 Å². The summed E-state index contributed by atoms with van der Waals surface area (Å²) in [5.74, 6) is 1.01. The number of nitrogens with zero attached hydrogens (tertiary/aromatic N) is 6. The minimum Gasteiger partial charge on any atom is -0.494 e. The second-order valence-electron chi connectivity index (χ2n) is 8.99. The second-order valence-corrected chi connectivity index (χ2v) is 11.9. The molecule has 0 amide bonds. The Hall–Kier alpha value is -4.08. The predicted octanol–water partition coefficient (Wildman–Crippen LogP) is 4.47. The summed E-state index contributed by atoms with van der Waals surface area (Å²) >= 11 is 3.47. The number of aryl methyl sites for hydroxylation is 1. The number of fused-ring (bicyclic) bond motifs is 1. The van der Waals surface area contributed by atoms with Gasteiger partial charge in [0.15, 0.2) is 22.9 Å². The Kier molecular flexibility index (Phi) is 7.93. The lowest BCUT2D eigenvalue weighted by Crippen LogP contribution is -2.33. The molecule has 2 aromatic carbocycles. The fourth-order valence-electron chi connectivity index (χ4n) is 4.28. The monoisotopic (exact) mass is 643 g/mol. The zero-order valence-corrected chi connectivity index (χ0v) is 25.1. The Balaban J connectivity index is 1.67. The molecule has 15 heteroatoms. The van der Waals surface area contributed by atoms with Crippen LogP contribution in [0, 0.1) is 6.92 Å². The topological polar surface area (TPSA) is 156 Å². The first-order valence-corrected chi connectivity index (χ1v) is 14.6. The number of aromatic nitrogens is 6. The van der Waals surface area contributed by atoms with E-state index in [-0.39, 0.29) is 17.6 Å². The van der Waals surface area contributed by atoms with Crippen LogP contribution in [0.2, 0.25) is 0 Å². The normalized spacial score (nSPS) is 13.2. The van der Waals surface area contributed by atoms with Gasteiger partial charge in [-0.15, -0.1) is 10.2 Å². The van der Waals surface area contributed by atoms with E-state index in [2.05, 4.69) is 46.0 Å². The third-order valence-corrected chi connectivity index (χ3v) is 8.58. The number of hydrogen-bond donors (Lipinski definition) is 1. The maximum atomic E-state index is 13.8. The molecule has 3 heterocycles. The van der Waals surface area contributed by atoms with Crippen molar-refractivity contribution in [1.82, 2.24) is 29.9 Å². The van der Waals surface area contributed by atoms with Crippen molar-refractivity contribution in [1.29, 1.82) is 0 Å². The number of para-hydroxylation sites is 1. The van der Waals surface area contributed by atoms with Crippen molar-refractivity contribution in [2.45, 2.75) is 25.2 Å². The molecular weight excluding hydrogens is 618 g/mol. The Labute approximate surface area is 244 Å². The molecular formula is C26H26BrN7O6S. The van der Waals surface area contributed by atoms with Crippen LogP contribution in [0.1, 0.15) is 24.4 Å². The van der Waals surface area contributed by atoms with Gasteiger partial charge in [-0.3, -0.25) is 9.29 Å². The summed E-state index contributed by atoms with van der Waals surface area (Å²) in [5, 5.41) is 12.3. The zero-order chi connectivity index (χ0) is 29.3. The van der Waals surface area contributed by atoms with E-state index in [9.17, 15) is 8.42 Å². The van der Waals surface area contributed by atoms with Crippen LogP contribution in [0.25, 0.3) is 28.2 Å². The molecule has 2 unspecified atom stereocenters. The van der Waals surface area contributed by atoms with Gasteiger partial charge in [0.25, 0.3) is 0 Å². The fourth-order valence-corrected chi connectivity index (χ4v) is 5.77. The molecule has 214 valence electrons. The molecule has 0 saturated carbocycles. The molecule has 2 atom stereocenters. The Morgan fingerprint density at radius 2 is 1.71 bits per heavy atom. The first kappa shape index (κ1) is 28.4. The smallest absolute Gasteiger partial charge is 0.243 e. The number of hydrogen-bond acceptors (Lipinski definition) is 11. The summed E-state index contributed by atoms with van der Waals surface area (Å²) in [7, 11) is 0.204. The highest BCUT2D eigenvalue weighted by Gasteiger charge is 2.35. The molecule has 0 radical (unpaired) electrons. The van der Waals surface area contributed by atoms with Crippen molar-refractivity contribution in [3.05, 3.63) is 64.7 Å². The van der Waals surface area contributed by atoms with E-state index >= 15 is 0 Å². The van der Waals surface area contributed by atoms with E-state index in [1.807, 2.05) is 19.1 Å². The number of methoxy groups -OCH3 is 3. The minimum atomic E-state index is -4.17. The number of benzene rings is 2. The lowest BCUT2D eigenvalue weighted by atomic mass is 10.2. The summed E-state index contributed by atoms with van der Waals surface area (Å²) in [6.45, 7) is 3.33. The van der Waals surface area contributed by atoms with Crippen molar-refractivity contribution >= 4 is 42.9 Å². The SMILES string of the molecule is COc1cccc(OC)c1-n1c(NS(=O)(=O)C(C)C(OC)c2ncc(C)cn2)nnc1-c1noc2ccc(Br)cc12. The van der Waals surface area contributed by atoms with Crippen LogP contribution in [0.4, 0.5) is 5.95 Å². The average molecular weight is 645 g/mol. The number of sulfonamides is 1. The van der Waals surface area contributed by atoms with Gasteiger partial charge in [0, 0.05) is 24.0 Å². The molecule has 0 aliphatic heterocycles. The number of nitrogens with one attached hydrogen (secondary N) is 1. The summed E-state index contributed by atoms with van der Waals surface area (Å²) in [6.07, 6.45) is 2.22. The first-order chi connectivity index (χ1) is 19.7.